The third-order valence-electron chi connectivity index (χ3n) is 3.13. The number of rotatable bonds is 7. The number of likely N-dealkylation sites (tertiary alicyclic amines) is 1. The summed E-state index contributed by atoms with van der Waals surface area (Å²) in [5.74, 6) is -0.329. The van der Waals surface area contributed by atoms with Gasteiger partial charge in [0.05, 0.1) is 10.6 Å². The van der Waals surface area contributed by atoms with E-state index in [4.69, 9.17) is 0 Å². The van der Waals surface area contributed by atoms with Crippen LogP contribution in [0, 0.1) is 0 Å². The largest absolute Gasteiger partial charge is 0.359 e. The quantitative estimate of drug-likeness (QED) is 0.292. The van der Waals surface area contributed by atoms with Crippen molar-refractivity contribution in [2.24, 2.45) is 0 Å². The van der Waals surface area contributed by atoms with Crippen molar-refractivity contribution in [2.45, 2.75) is 36.8 Å². The van der Waals surface area contributed by atoms with E-state index in [0.717, 1.165) is 0 Å². The van der Waals surface area contributed by atoms with Crippen molar-refractivity contribution in [2.75, 3.05) is 20.6 Å². The third kappa shape index (κ3) is 4.88. The second-order valence-corrected chi connectivity index (χ2v) is 7.66. The van der Waals surface area contributed by atoms with Crippen molar-refractivity contribution in [3.05, 3.63) is 0 Å². The number of hydrogen-bond acceptors (Lipinski definition) is 5. The number of carbonyl (C=O) groups excluding carboxylic acids is 3. The van der Waals surface area contributed by atoms with Gasteiger partial charge in [-0.1, -0.05) is 0 Å². The number of thioether (sulfide) groups is 1. The molecular formula is C12H20IN3O3S. The molecule has 0 bridgehead atoms. The van der Waals surface area contributed by atoms with Crippen LogP contribution < -0.4 is 5.32 Å². The van der Waals surface area contributed by atoms with E-state index < -0.39 is 0 Å². The highest BCUT2D eigenvalue weighted by molar-refractivity contribution is 14.1. The number of nitrogens with zero attached hydrogens (tertiary/aromatic N) is 2. The number of halogens is 1. The minimum atomic E-state index is -0.297. The van der Waals surface area contributed by atoms with E-state index in [1.165, 1.54) is 16.7 Å². The predicted molar refractivity (Wildman–Crippen MR) is 87.3 cm³/mol. The summed E-state index contributed by atoms with van der Waals surface area (Å²) in [6, 6.07) is 0. The van der Waals surface area contributed by atoms with Crippen LogP contribution in [0.15, 0.2) is 0 Å². The molecule has 3 amide bonds. The molecule has 1 aliphatic rings. The van der Waals surface area contributed by atoms with Gasteiger partial charge in [0.1, 0.15) is 0 Å². The monoisotopic (exact) mass is 413 g/mol. The van der Waals surface area contributed by atoms with Gasteiger partial charge in [0.15, 0.2) is 0 Å². The van der Waals surface area contributed by atoms with Crippen LogP contribution in [0.5, 0.6) is 0 Å². The first kappa shape index (κ1) is 17.7. The van der Waals surface area contributed by atoms with Crippen molar-refractivity contribution in [3.63, 3.8) is 0 Å². The Labute approximate surface area is 137 Å². The van der Waals surface area contributed by atoms with E-state index in [1.54, 1.807) is 7.05 Å². The zero-order chi connectivity index (χ0) is 15.3. The van der Waals surface area contributed by atoms with Gasteiger partial charge >= 0.3 is 0 Å². The molecule has 0 aliphatic carbocycles. The highest BCUT2D eigenvalue weighted by atomic mass is 127. The molecule has 8 heteroatoms. The summed E-state index contributed by atoms with van der Waals surface area (Å²) in [6.45, 7) is 2.33. The molecule has 2 unspecified atom stereocenters. The first-order valence-electron chi connectivity index (χ1n) is 6.45. The van der Waals surface area contributed by atoms with Gasteiger partial charge < -0.3 is 5.32 Å². The van der Waals surface area contributed by atoms with Gasteiger partial charge in [0.25, 0.3) is 0 Å². The van der Waals surface area contributed by atoms with Gasteiger partial charge in [-0.3, -0.25) is 19.3 Å². The highest BCUT2D eigenvalue weighted by Gasteiger charge is 2.39. The van der Waals surface area contributed by atoms with Crippen LogP contribution in [0.25, 0.3) is 0 Å². The summed E-state index contributed by atoms with van der Waals surface area (Å²) in [7, 11) is 3.50. The summed E-state index contributed by atoms with van der Waals surface area (Å²) in [5, 5.41) is 2.40. The van der Waals surface area contributed by atoms with Crippen molar-refractivity contribution < 1.29 is 14.4 Å². The second-order valence-electron chi connectivity index (χ2n) is 4.61. The summed E-state index contributed by atoms with van der Waals surface area (Å²) < 4.78 is 1.98. The van der Waals surface area contributed by atoms with E-state index in [0.29, 0.717) is 19.4 Å². The van der Waals surface area contributed by atoms with Crippen molar-refractivity contribution >= 4 is 52.3 Å². The van der Waals surface area contributed by atoms with Crippen LogP contribution in [0.3, 0.4) is 0 Å². The minimum Gasteiger partial charge on any atom is -0.359 e. The molecular weight excluding hydrogens is 393 g/mol. The zero-order valence-corrected chi connectivity index (χ0v) is 14.9. The SMILES string of the molecule is CNC(=O)CCCN1C(=O)CC(SC(C)N(C)I)C1=O. The van der Waals surface area contributed by atoms with Crippen LogP contribution >= 0.6 is 34.6 Å². The average Bonchev–Trinajstić information content (AvgIpc) is 2.65. The Balaban J connectivity index is 2.48. The molecule has 6 nitrogen and oxygen atoms in total. The zero-order valence-electron chi connectivity index (χ0n) is 11.9. The molecule has 1 heterocycles. The first-order valence-corrected chi connectivity index (χ1v) is 8.36. The van der Waals surface area contributed by atoms with Crippen molar-refractivity contribution in [1.29, 1.82) is 0 Å². The van der Waals surface area contributed by atoms with Crippen LogP contribution in [0.4, 0.5) is 0 Å². The fraction of sp³-hybridized carbons (Fsp3) is 0.750. The molecule has 20 heavy (non-hydrogen) atoms. The molecule has 114 valence electrons. The molecule has 0 aromatic rings. The Morgan fingerprint density at radius 1 is 1.60 bits per heavy atom. The number of carbonyl (C=O) groups is 3. The van der Waals surface area contributed by atoms with E-state index in [2.05, 4.69) is 28.2 Å². The standard InChI is InChI=1S/C12H20IN3O3S/c1-8(15(3)13)20-9-7-11(18)16(12(9)19)6-4-5-10(17)14-2/h8-9H,4-7H2,1-3H3,(H,14,17). The minimum absolute atomic E-state index is 0.0739. The normalized spacial score (nSPS) is 20.6. The van der Waals surface area contributed by atoms with Crippen molar-refractivity contribution in [3.8, 4) is 0 Å². The van der Waals surface area contributed by atoms with Crippen LogP contribution in [0.1, 0.15) is 26.2 Å². The molecule has 0 saturated carbocycles. The first-order chi connectivity index (χ1) is 9.36. The smallest absolute Gasteiger partial charge is 0.242 e. The number of imide groups is 1. The average molecular weight is 413 g/mol. The lowest BCUT2D eigenvalue weighted by Crippen LogP contribution is -2.33. The Kier molecular flexibility index (Phi) is 7.24. The van der Waals surface area contributed by atoms with Gasteiger partial charge in [-0.15, -0.1) is 11.8 Å². The fourth-order valence-electron chi connectivity index (χ4n) is 1.84. The van der Waals surface area contributed by atoms with Gasteiger partial charge in [0.2, 0.25) is 17.7 Å². The van der Waals surface area contributed by atoms with E-state index in [-0.39, 0.29) is 34.8 Å². The van der Waals surface area contributed by atoms with Gasteiger partial charge in [-0.05, 0) is 20.4 Å². The maximum absolute atomic E-state index is 12.2. The van der Waals surface area contributed by atoms with E-state index in [1.807, 2.05) is 17.1 Å². The Hall–Kier alpha value is -0.350. The number of amides is 3. The van der Waals surface area contributed by atoms with Gasteiger partial charge in [-0.25, -0.2) is 3.11 Å². The molecule has 1 N–H and O–H groups in total. The molecule has 2 atom stereocenters. The summed E-state index contributed by atoms with van der Waals surface area (Å²) in [6.07, 6.45) is 1.10. The lowest BCUT2D eigenvalue weighted by atomic mass is 10.3. The van der Waals surface area contributed by atoms with Gasteiger partial charge in [-0.2, -0.15) is 0 Å². The van der Waals surface area contributed by atoms with E-state index >= 15 is 0 Å². The molecule has 0 aromatic heterocycles. The highest BCUT2D eigenvalue weighted by Crippen LogP contribution is 2.30. The molecule has 0 radical (unpaired) electrons. The molecule has 1 aliphatic heterocycles. The number of hydrogen-bond donors (Lipinski definition) is 1. The topological polar surface area (TPSA) is 69.7 Å². The lowest BCUT2D eigenvalue weighted by molar-refractivity contribution is -0.138. The fourth-order valence-corrected chi connectivity index (χ4v) is 3.36. The van der Waals surface area contributed by atoms with Crippen LogP contribution in [0.2, 0.25) is 0 Å². The maximum Gasteiger partial charge on any atom is 0.242 e. The Morgan fingerprint density at radius 2 is 2.25 bits per heavy atom. The van der Waals surface area contributed by atoms with Crippen molar-refractivity contribution in [1.82, 2.24) is 13.3 Å². The van der Waals surface area contributed by atoms with Crippen LogP contribution in [-0.2, 0) is 14.4 Å². The molecule has 1 rings (SSSR count). The van der Waals surface area contributed by atoms with E-state index in [9.17, 15) is 14.4 Å². The van der Waals surface area contributed by atoms with Gasteiger partial charge in [0, 0.05) is 49.3 Å². The maximum atomic E-state index is 12.2. The van der Waals surface area contributed by atoms with Crippen LogP contribution in [-0.4, -0.2) is 57.0 Å². The summed E-state index contributed by atoms with van der Waals surface area (Å²) in [5.41, 5.74) is 0. The molecule has 1 saturated heterocycles. The Morgan fingerprint density at radius 3 is 2.80 bits per heavy atom. The molecule has 0 aromatic carbocycles. The summed E-state index contributed by atoms with van der Waals surface area (Å²) in [4.78, 5) is 36.5. The predicted octanol–water partition coefficient (Wildman–Crippen LogP) is 1.00. The molecule has 0 spiro atoms. The third-order valence-corrected chi connectivity index (χ3v) is 5.75. The second kappa shape index (κ2) is 8.18. The Bertz CT molecular complexity index is 392. The molecule has 1 fully saturated rings. The lowest BCUT2D eigenvalue weighted by Gasteiger charge is -2.20. The summed E-state index contributed by atoms with van der Waals surface area (Å²) >= 11 is 3.67. The number of nitrogens with one attached hydrogen (secondary N) is 1.